The highest BCUT2D eigenvalue weighted by molar-refractivity contribution is 5.43. The largest absolute Gasteiger partial charge is 0.419 e. The van der Waals surface area contributed by atoms with Gasteiger partial charge in [-0.3, -0.25) is 9.89 Å². The van der Waals surface area contributed by atoms with Crippen LogP contribution in [0.25, 0.3) is 5.65 Å². The lowest BCUT2D eigenvalue weighted by atomic mass is 10.0. The number of benzene rings is 1. The van der Waals surface area contributed by atoms with E-state index in [-0.39, 0.29) is 23.5 Å². The number of aromatic amines is 1. The molecule has 1 N–H and O–H groups in total. The summed E-state index contributed by atoms with van der Waals surface area (Å²) < 4.78 is 53.4. The van der Waals surface area contributed by atoms with Crippen LogP contribution in [0.15, 0.2) is 35.3 Å². The monoisotopic (exact) mass is 351 g/mol. The second-order valence-electron chi connectivity index (χ2n) is 6.20. The number of hydrogen-bond acceptors (Lipinski definition) is 2. The summed E-state index contributed by atoms with van der Waals surface area (Å²) in [6, 6.07) is 4.48. The Bertz CT molecular complexity index is 1010. The Hall–Kier alpha value is -2.64. The van der Waals surface area contributed by atoms with Crippen LogP contribution in [0.2, 0.25) is 0 Å². The van der Waals surface area contributed by atoms with E-state index < -0.39 is 17.6 Å². The quantitative estimate of drug-likeness (QED) is 0.733. The van der Waals surface area contributed by atoms with Crippen molar-refractivity contribution >= 4 is 5.65 Å². The number of aromatic nitrogens is 3. The van der Waals surface area contributed by atoms with Crippen LogP contribution in [0.5, 0.6) is 0 Å². The molecule has 25 heavy (non-hydrogen) atoms. The fraction of sp³-hybridized carbons (Fsp3) is 0.294. The third kappa shape index (κ3) is 2.81. The molecule has 0 radical (unpaired) electrons. The normalized spacial score (nSPS) is 15.0. The molecule has 0 aliphatic heterocycles. The highest BCUT2D eigenvalue weighted by atomic mass is 19.4. The summed E-state index contributed by atoms with van der Waals surface area (Å²) in [6.07, 6.45) is -1.43. The Morgan fingerprint density at radius 1 is 1.24 bits per heavy atom. The first-order valence-corrected chi connectivity index (χ1v) is 7.79. The SMILES string of the molecule is O=c1c(Cc2ccc(F)c(C(F)(F)F)c2)c(C2CC2)nc2cc[nH]n12. The van der Waals surface area contributed by atoms with E-state index in [9.17, 15) is 22.4 Å². The third-order valence-electron chi connectivity index (χ3n) is 4.35. The van der Waals surface area contributed by atoms with E-state index in [1.54, 1.807) is 12.3 Å². The summed E-state index contributed by atoms with van der Waals surface area (Å²) in [4.78, 5) is 17.2. The van der Waals surface area contributed by atoms with E-state index in [2.05, 4.69) is 10.1 Å². The molecule has 1 aliphatic carbocycles. The van der Waals surface area contributed by atoms with Crippen molar-refractivity contribution in [2.75, 3.05) is 0 Å². The van der Waals surface area contributed by atoms with Crippen LogP contribution in [0.1, 0.15) is 41.1 Å². The van der Waals surface area contributed by atoms with Crippen LogP contribution in [0, 0.1) is 5.82 Å². The summed E-state index contributed by atoms with van der Waals surface area (Å²) in [5.41, 5.74) is 0.0122. The predicted molar refractivity (Wildman–Crippen MR) is 82.0 cm³/mol. The van der Waals surface area contributed by atoms with Crippen LogP contribution in [0.3, 0.4) is 0 Å². The van der Waals surface area contributed by atoms with Crippen molar-refractivity contribution in [1.82, 2.24) is 14.6 Å². The van der Waals surface area contributed by atoms with Gasteiger partial charge >= 0.3 is 6.18 Å². The summed E-state index contributed by atoms with van der Waals surface area (Å²) >= 11 is 0. The van der Waals surface area contributed by atoms with Gasteiger partial charge in [-0.25, -0.2) is 13.9 Å². The second kappa shape index (κ2) is 5.44. The molecule has 4 rings (SSSR count). The maximum atomic E-state index is 13.5. The van der Waals surface area contributed by atoms with Crippen molar-refractivity contribution < 1.29 is 17.6 Å². The van der Waals surface area contributed by atoms with E-state index >= 15 is 0 Å². The van der Waals surface area contributed by atoms with Crippen molar-refractivity contribution in [3.8, 4) is 0 Å². The lowest BCUT2D eigenvalue weighted by Crippen LogP contribution is -2.23. The van der Waals surface area contributed by atoms with Crippen molar-refractivity contribution in [1.29, 1.82) is 0 Å². The van der Waals surface area contributed by atoms with Crippen molar-refractivity contribution in [2.45, 2.75) is 31.4 Å². The molecule has 0 unspecified atom stereocenters. The standard InChI is InChI=1S/C17H13F4N3O/c18-13-4-1-9(8-12(13)17(19,20)21)7-11-15(10-2-3-10)23-14-5-6-22-24(14)16(11)25/h1,4-6,8,10,22H,2-3,7H2. The molecule has 8 heteroatoms. The Labute approximate surface area is 139 Å². The van der Waals surface area contributed by atoms with Gasteiger partial charge in [0, 0.05) is 30.2 Å². The summed E-state index contributed by atoms with van der Waals surface area (Å²) in [5.74, 6) is -1.17. The molecule has 1 saturated carbocycles. The molecule has 1 aromatic carbocycles. The van der Waals surface area contributed by atoms with E-state index in [0.717, 1.165) is 25.0 Å². The Morgan fingerprint density at radius 3 is 2.68 bits per heavy atom. The molecule has 2 heterocycles. The molecule has 4 nitrogen and oxygen atoms in total. The van der Waals surface area contributed by atoms with Crippen LogP contribution in [0.4, 0.5) is 17.6 Å². The molecule has 0 atom stereocenters. The van der Waals surface area contributed by atoms with E-state index in [1.165, 1.54) is 10.6 Å². The van der Waals surface area contributed by atoms with E-state index in [4.69, 9.17) is 0 Å². The molecule has 130 valence electrons. The average Bonchev–Trinajstić information content (AvgIpc) is 3.28. The van der Waals surface area contributed by atoms with Crippen molar-refractivity contribution in [2.24, 2.45) is 0 Å². The fourth-order valence-corrected chi connectivity index (χ4v) is 2.98. The van der Waals surface area contributed by atoms with Gasteiger partial charge in [0.05, 0.1) is 11.3 Å². The van der Waals surface area contributed by atoms with Gasteiger partial charge in [0.15, 0.2) is 5.65 Å². The maximum absolute atomic E-state index is 13.5. The van der Waals surface area contributed by atoms with Crippen LogP contribution in [-0.2, 0) is 12.6 Å². The highest BCUT2D eigenvalue weighted by Crippen LogP contribution is 2.40. The van der Waals surface area contributed by atoms with Crippen molar-refractivity contribution in [3.63, 3.8) is 0 Å². The number of alkyl halides is 3. The van der Waals surface area contributed by atoms with E-state index in [0.29, 0.717) is 16.9 Å². The molecular weight excluding hydrogens is 338 g/mol. The first-order chi connectivity index (χ1) is 11.8. The highest BCUT2D eigenvalue weighted by Gasteiger charge is 2.35. The Balaban J connectivity index is 1.82. The van der Waals surface area contributed by atoms with Gasteiger partial charge < -0.3 is 0 Å². The van der Waals surface area contributed by atoms with Gasteiger partial charge in [-0.15, -0.1) is 0 Å². The zero-order valence-corrected chi connectivity index (χ0v) is 12.9. The molecule has 2 aromatic heterocycles. The molecule has 3 aromatic rings. The third-order valence-corrected chi connectivity index (χ3v) is 4.35. The molecule has 0 bridgehead atoms. The maximum Gasteiger partial charge on any atom is 0.419 e. The molecular formula is C17H13F4N3O. The first-order valence-electron chi connectivity index (χ1n) is 7.79. The number of H-pyrrole nitrogens is 1. The molecule has 0 amide bonds. The van der Waals surface area contributed by atoms with E-state index in [1.807, 2.05) is 0 Å². The minimum absolute atomic E-state index is 0.0248. The van der Waals surface area contributed by atoms with Gasteiger partial charge in [-0.05, 0) is 30.5 Å². The fourth-order valence-electron chi connectivity index (χ4n) is 2.98. The average molecular weight is 351 g/mol. The molecule has 1 aliphatic rings. The summed E-state index contributed by atoms with van der Waals surface area (Å²) in [7, 11) is 0. The van der Waals surface area contributed by atoms with Crippen LogP contribution >= 0.6 is 0 Å². The number of nitrogens with zero attached hydrogens (tertiary/aromatic N) is 2. The minimum atomic E-state index is -4.78. The Morgan fingerprint density at radius 2 is 2.00 bits per heavy atom. The predicted octanol–water partition coefficient (Wildman–Crippen LogP) is 3.65. The van der Waals surface area contributed by atoms with Crippen molar-refractivity contribution in [3.05, 3.63) is 69.0 Å². The molecule has 0 spiro atoms. The van der Waals surface area contributed by atoms with Gasteiger partial charge in [-0.1, -0.05) is 6.07 Å². The van der Waals surface area contributed by atoms with Gasteiger partial charge in [0.1, 0.15) is 5.82 Å². The lowest BCUT2D eigenvalue weighted by Gasteiger charge is -2.12. The Kier molecular flexibility index (Phi) is 3.45. The number of hydrogen-bond donors (Lipinski definition) is 1. The number of halogens is 4. The summed E-state index contributed by atoms with van der Waals surface area (Å²) in [6.45, 7) is 0. The van der Waals surface area contributed by atoms with Gasteiger partial charge in [-0.2, -0.15) is 13.2 Å². The van der Waals surface area contributed by atoms with Crippen LogP contribution < -0.4 is 5.56 Å². The number of rotatable bonds is 3. The minimum Gasteiger partial charge on any atom is -0.297 e. The topological polar surface area (TPSA) is 50.2 Å². The summed E-state index contributed by atoms with van der Waals surface area (Å²) in [5, 5.41) is 2.75. The first kappa shape index (κ1) is 15.9. The molecule has 0 saturated heterocycles. The zero-order valence-electron chi connectivity index (χ0n) is 12.9. The second-order valence-corrected chi connectivity index (χ2v) is 6.20. The lowest BCUT2D eigenvalue weighted by molar-refractivity contribution is -0.140. The number of nitrogens with one attached hydrogen (secondary N) is 1. The smallest absolute Gasteiger partial charge is 0.297 e. The zero-order chi connectivity index (χ0) is 17.8. The number of fused-ring (bicyclic) bond motifs is 1. The molecule has 1 fully saturated rings. The van der Waals surface area contributed by atoms with Gasteiger partial charge in [0.2, 0.25) is 0 Å². The van der Waals surface area contributed by atoms with Gasteiger partial charge in [0.25, 0.3) is 5.56 Å². The van der Waals surface area contributed by atoms with Crippen LogP contribution in [-0.4, -0.2) is 14.6 Å².